The summed E-state index contributed by atoms with van der Waals surface area (Å²) in [5.41, 5.74) is 4.00. The van der Waals surface area contributed by atoms with E-state index >= 15 is 0 Å². The van der Waals surface area contributed by atoms with Gasteiger partial charge in [-0.05, 0) is 39.5 Å². The number of quaternary nitrogens is 1. The van der Waals surface area contributed by atoms with Crippen LogP contribution in [0, 0.1) is 0 Å². The van der Waals surface area contributed by atoms with Crippen molar-refractivity contribution in [3.05, 3.63) is 0 Å². The van der Waals surface area contributed by atoms with Gasteiger partial charge in [-0.15, -0.1) is 0 Å². The zero-order valence-electron chi connectivity index (χ0n) is 9.52. The number of rotatable bonds is 2. The highest BCUT2D eigenvalue weighted by Crippen LogP contribution is 2.31. The summed E-state index contributed by atoms with van der Waals surface area (Å²) in [6.07, 6.45) is 6.57. The maximum atomic E-state index is 9.80. The van der Waals surface area contributed by atoms with E-state index in [0.29, 0.717) is 0 Å². The smallest absolute Gasteiger partial charge is 0.265 e. The number of phosphoric ester groups is 1. The van der Waals surface area contributed by atoms with E-state index in [1.807, 2.05) is 0 Å². The normalized spacial score (nSPS) is 21.7. The van der Waals surface area contributed by atoms with E-state index in [-0.39, 0.29) is 0 Å². The molecule has 0 aromatic heterocycles. The van der Waals surface area contributed by atoms with E-state index in [1.54, 1.807) is 0 Å². The van der Waals surface area contributed by atoms with Gasteiger partial charge in [0.1, 0.15) is 0 Å². The number of hydrogen-bond donors (Lipinski definition) is 2. The van der Waals surface area contributed by atoms with Gasteiger partial charge in [-0.25, -0.2) is 0 Å². The SMILES string of the molecule is CC(C)OP(=O)([O-])O.[NH3+]C1CCCCC1. The Balaban J connectivity index is 0.000000262. The van der Waals surface area contributed by atoms with Gasteiger partial charge in [-0.2, -0.15) is 0 Å². The van der Waals surface area contributed by atoms with E-state index in [1.165, 1.54) is 46.0 Å². The molecule has 0 amide bonds. The Morgan fingerprint density at radius 1 is 1.40 bits per heavy atom. The van der Waals surface area contributed by atoms with Crippen molar-refractivity contribution in [3.63, 3.8) is 0 Å². The first-order valence-electron chi connectivity index (χ1n) is 5.36. The quantitative estimate of drug-likeness (QED) is 0.683. The lowest BCUT2D eigenvalue weighted by Gasteiger charge is -2.17. The predicted molar refractivity (Wildman–Crippen MR) is 55.8 cm³/mol. The minimum atomic E-state index is -4.47. The van der Waals surface area contributed by atoms with Crippen LogP contribution in [0.3, 0.4) is 0 Å². The van der Waals surface area contributed by atoms with Crippen molar-refractivity contribution in [3.8, 4) is 0 Å². The topological polar surface area (TPSA) is 97.2 Å². The first-order chi connectivity index (χ1) is 6.81. The van der Waals surface area contributed by atoms with Gasteiger partial charge in [0.15, 0.2) is 0 Å². The first kappa shape index (κ1) is 15.1. The minimum Gasteiger partial charge on any atom is -0.756 e. The average Bonchev–Trinajstić information content (AvgIpc) is 2.01. The third-order valence-electron chi connectivity index (χ3n) is 2.07. The Labute approximate surface area is 91.3 Å². The number of phosphoric acid groups is 1. The molecule has 1 saturated carbocycles. The zero-order valence-corrected chi connectivity index (χ0v) is 10.4. The fourth-order valence-electron chi connectivity index (χ4n) is 1.45. The van der Waals surface area contributed by atoms with Crippen LogP contribution < -0.4 is 10.6 Å². The van der Waals surface area contributed by atoms with Gasteiger partial charge in [0.25, 0.3) is 7.82 Å². The lowest BCUT2D eigenvalue weighted by Crippen LogP contribution is -2.61. The van der Waals surface area contributed by atoms with Crippen LogP contribution in [0.2, 0.25) is 0 Å². The predicted octanol–water partition coefficient (Wildman–Crippen LogP) is 0.433. The summed E-state index contributed by atoms with van der Waals surface area (Å²) in [6, 6.07) is 0.786. The molecule has 0 heterocycles. The van der Waals surface area contributed by atoms with Gasteiger partial charge in [-0.3, -0.25) is 4.57 Å². The Morgan fingerprint density at radius 2 is 1.87 bits per heavy atom. The third kappa shape index (κ3) is 12.0. The highest BCUT2D eigenvalue weighted by molar-refractivity contribution is 7.44. The molecular formula is C9H22NO4P. The van der Waals surface area contributed by atoms with Crippen molar-refractivity contribution in [1.29, 1.82) is 0 Å². The fourth-order valence-corrected chi connectivity index (χ4v) is 1.99. The molecule has 1 unspecified atom stereocenters. The van der Waals surface area contributed by atoms with Gasteiger partial charge >= 0.3 is 0 Å². The molecular weight excluding hydrogens is 217 g/mol. The van der Waals surface area contributed by atoms with Crippen LogP contribution in [0.15, 0.2) is 0 Å². The lowest BCUT2D eigenvalue weighted by atomic mass is 9.97. The summed E-state index contributed by atoms with van der Waals surface area (Å²) < 4.78 is 13.8. The standard InChI is InChI=1S/C6H13N.C3H9O4P/c7-6-4-2-1-3-5-6;1-3(2)7-8(4,5)6/h6H,1-5,7H2;3H,1-2H3,(H2,4,5,6). The molecule has 1 fully saturated rings. The van der Waals surface area contributed by atoms with Crippen molar-refractivity contribution in [2.24, 2.45) is 0 Å². The van der Waals surface area contributed by atoms with Gasteiger partial charge in [0.05, 0.1) is 12.1 Å². The average molecular weight is 239 g/mol. The fraction of sp³-hybridized carbons (Fsp3) is 1.00. The van der Waals surface area contributed by atoms with Crippen LogP contribution in [-0.4, -0.2) is 17.0 Å². The van der Waals surface area contributed by atoms with Gasteiger partial charge < -0.3 is 20.0 Å². The van der Waals surface area contributed by atoms with Crippen molar-refractivity contribution in [1.82, 2.24) is 0 Å². The molecule has 0 aromatic carbocycles. The second-order valence-electron chi connectivity index (χ2n) is 4.13. The number of hydrogen-bond acceptors (Lipinski definition) is 3. The first-order valence-corrected chi connectivity index (χ1v) is 6.86. The summed E-state index contributed by atoms with van der Waals surface area (Å²) in [4.78, 5) is 17.8. The van der Waals surface area contributed by atoms with Crippen molar-refractivity contribution in [2.75, 3.05) is 0 Å². The molecule has 0 aliphatic heterocycles. The van der Waals surface area contributed by atoms with Crippen LogP contribution in [-0.2, 0) is 9.09 Å². The molecule has 6 heteroatoms. The van der Waals surface area contributed by atoms with Gasteiger partial charge in [0.2, 0.25) is 0 Å². The molecule has 0 bridgehead atoms. The minimum absolute atomic E-state index is 0.483. The van der Waals surface area contributed by atoms with Crippen LogP contribution in [0.25, 0.3) is 0 Å². The van der Waals surface area contributed by atoms with E-state index in [0.717, 1.165) is 6.04 Å². The monoisotopic (exact) mass is 239 g/mol. The second-order valence-corrected chi connectivity index (χ2v) is 5.27. The maximum Gasteiger partial charge on any atom is 0.265 e. The molecule has 4 N–H and O–H groups in total. The second kappa shape index (κ2) is 7.36. The van der Waals surface area contributed by atoms with E-state index < -0.39 is 13.9 Å². The molecule has 1 rings (SSSR count). The van der Waals surface area contributed by atoms with Crippen LogP contribution in [0.5, 0.6) is 0 Å². The maximum absolute atomic E-state index is 9.80. The Bertz CT molecular complexity index is 198. The Kier molecular flexibility index (Phi) is 7.40. The van der Waals surface area contributed by atoms with Crippen molar-refractivity contribution >= 4 is 7.82 Å². The molecule has 0 radical (unpaired) electrons. The molecule has 92 valence electrons. The highest BCUT2D eigenvalue weighted by Gasteiger charge is 2.09. The zero-order chi connectivity index (χ0) is 11.9. The van der Waals surface area contributed by atoms with Crippen molar-refractivity contribution < 1.29 is 24.6 Å². The molecule has 1 atom stereocenters. The summed E-state index contributed by atoms with van der Waals surface area (Å²) in [6.45, 7) is 3.03. The highest BCUT2D eigenvalue weighted by atomic mass is 31.2. The summed E-state index contributed by atoms with van der Waals surface area (Å²) in [5.74, 6) is 0. The molecule has 15 heavy (non-hydrogen) atoms. The Morgan fingerprint density at radius 3 is 2.00 bits per heavy atom. The molecule has 1 aliphatic carbocycles. The summed E-state index contributed by atoms with van der Waals surface area (Å²) >= 11 is 0. The largest absolute Gasteiger partial charge is 0.756 e. The molecule has 0 saturated heterocycles. The molecule has 5 nitrogen and oxygen atoms in total. The molecule has 1 aliphatic rings. The van der Waals surface area contributed by atoms with E-state index in [9.17, 15) is 9.46 Å². The lowest BCUT2D eigenvalue weighted by molar-refractivity contribution is -0.425. The summed E-state index contributed by atoms with van der Waals surface area (Å²) in [7, 11) is -4.47. The molecule has 0 spiro atoms. The van der Waals surface area contributed by atoms with Gasteiger partial charge in [-0.1, -0.05) is 6.42 Å². The third-order valence-corrected chi connectivity index (χ3v) is 2.76. The van der Waals surface area contributed by atoms with E-state index in [2.05, 4.69) is 10.3 Å². The molecule has 0 aromatic rings. The van der Waals surface area contributed by atoms with Crippen LogP contribution in [0.4, 0.5) is 0 Å². The van der Waals surface area contributed by atoms with Crippen molar-refractivity contribution in [2.45, 2.75) is 58.1 Å². The van der Waals surface area contributed by atoms with Crippen LogP contribution in [0.1, 0.15) is 46.0 Å². The van der Waals surface area contributed by atoms with Crippen LogP contribution >= 0.6 is 7.82 Å². The Hall–Kier alpha value is 0.0700. The van der Waals surface area contributed by atoms with Gasteiger partial charge in [0, 0.05) is 0 Å². The van der Waals surface area contributed by atoms with E-state index in [4.69, 9.17) is 4.89 Å². The summed E-state index contributed by atoms with van der Waals surface area (Å²) in [5, 5.41) is 0.